The van der Waals surface area contributed by atoms with Crippen LogP contribution in [-0.2, 0) is 10.2 Å². The summed E-state index contributed by atoms with van der Waals surface area (Å²) < 4.78 is 0. The average molecular weight is 318 g/mol. The third-order valence-corrected chi connectivity index (χ3v) is 9.88. The summed E-state index contributed by atoms with van der Waals surface area (Å²) in [4.78, 5) is 12.9. The van der Waals surface area contributed by atoms with Gasteiger partial charge in [0.1, 0.15) is 6.29 Å². The molecule has 5 saturated carbocycles. The van der Waals surface area contributed by atoms with Gasteiger partial charge < -0.3 is 4.79 Å². The fourth-order valence-corrected chi connectivity index (χ4v) is 9.78. The maximum absolute atomic E-state index is 12.9. The van der Waals surface area contributed by atoms with Crippen molar-refractivity contribution in [3.05, 3.63) is 35.4 Å². The van der Waals surface area contributed by atoms with E-state index in [1.165, 1.54) is 50.4 Å². The largest absolute Gasteiger partial charge is 0.302 e. The lowest BCUT2D eigenvalue weighted by molar-refractivity contribution is -0.134. The highest BCUT2D eigenvalue weighted by Crippen LogP contribution is 2.78. The van der Waals surface area contributed by atoms with Gasteiger partial charge in [-0.3, -0.25) is 0 Å². The normalized spacial score (nSPS) is 57.8. The summed E-state index contributed by atoms with van der Waals surface area (Å²) in [5, 5.41) is 0. The van der Waals surface area contributed by atoms with Crippen LogP contribution in [0, 0.1) is 47.3 Å². The minimum absolute atomic E-state index is 0.111. The zero-order chi connectivity index (χ0) is 15.6. The van der Waals surface area contributed by atoms with Gasteiger partial charge in [0.2, 0.25) is 0 Å². The molecule has 0 saturated heterocycles. The van der Waals surface area contributed by atoms with Crippen molar-refractivity contribution in [1.82, 2.24) is 0 Å². The third kappa shape index (κ3) is 1.15. The predicted molar refractivity (Wildman–Crippen MR) is 92.5 cm³/mol. The van der Waals surface area contributed by atoms with Crippen LogP contribution in [0.15, 0.2) is 24.3 Å². The predicted octanol–water partition coefficient (Wildman–Crippen LogP) is 4.56. The van der Waals surface area contributed by atoms with Crippen molar-refractivity contribution in [2.24, 2.45) is 47.3 Å². The topological polar surface area (TPSA) is 17.1 Å². The van der Waals surface area contributed by atoms with Crippen molar-refractivity contribution in [3.8, 4) is 0 Å². The van der Waals surface area contributed by atoms with E-state index in [4.69, 9.17) is 0 Å². The molecule has 0 radical (unpaired) electrons. The molecule has 8 atom stereocenters. The fraction of sp³-hybridized carbons (Fsp3) is 0.696. The Morgan fingerprint density at radius 2 is 1.42 bits per heavy atom. The first-order valence-electron chi connectivity index (χ1n) is 10.4. The van der Waals surface area contributed by atoms with Crippen molar-refractivity contribution < 1.29 is 4.79 Å². The highest BCUT2D eigenvalue weighted by molar-refractivity contribution is 5.75. The van der Waals surface area contributed by atoms with Gasteiger partial charge >= 0.3 is 0 Å². The van der Waals surface area contributed by atoms with E-state index >= 15 is 0 Å². The first kappa shape index (κ1) is 13.1. The quantitative estimate of drug-likeness (QED) is 0.694. The van der Waals surface area contributed by atoms with Crippen LogP contribution in [0.1, 0.15) is 55.6 Å². The molecular weight excluding hydrogens is 292 g/mol. The van der Waals surface area contributed by atoms with Gasteiger partial charge in [0.05, 0.1) is 5.41 Å². The van der Waals surface area contributed by atoms with E-state index in [0.717, 1.165) is 41.4 Å². The lowest BCUT2D eigenvalue weighted by Crippen LogP contribution is -2.63. The molecule has 8 unspecified atom stereocenters. The van der Waals surface area contributed by atoms with Crippen LogP contribution in [-0.4, -0.2) is 6.29 Å². The molecule has 6 bridgehead atoms. The zero-order valence-corrected chi connectivity index (χ0v) is 14.2. The van der Waals surface area contributed by atoms with Crippen LogP contribution in [0.4, 0.5) is 0 Å². The van der Waals surface area contributed by atoms with E-state index in [-0.39, 0.29) is 5.41 Å². The van der Waals surface area contributed by atoms with Crippen LogP contribution in [0.25, 0.3) is 0 Å². The van der Waals surface area contributed by atoms with E-state index in [9.17, 15) is 4.79 Å². The van der Waals surface area contributed by atoms with Crippen molar-refractivity contribution in [2.75, 3.05) is 0 Å². The number of rotatable bonds is 1. The average Bonchev–Trinajstić information content (AvgIpc) is 3.41. The second-order valence-corrected chi connectivity index (χ2v) is 10.0. The number of hydrogen-bond acceptors (Lipinski definition) is 1. The summed E-state index contributed by atoms with van der Waals surface area (Å²) >= 11 is 0. The molecule has 7 aliphatic carbocycles. The van der Waals surface area contributed by atoms with Gasteiger partial charge in [-0.15, -0.1) is 0 Å². The number of carbonyl (C=O) groups is 1. The molecule has 24 heavy (non-hydrogen) atoms. The number of hydrogen-bond donors (Lipinski definition) is 0. The van der Waals surface area contributed by atoms with Crippen LogP contribution < -0.4 is 0 Å². The molecule has 0 aliphatic heterocycles. The molecule has 1 heteroatoms. The molecule has 124 valence electrons. The van der Waals surface area contributed by atoms with Gasteiger partial charge in [0.25, 0.3) is 0 Å². The second kappa shape index (κ2) is 4.00. The molecule has 0 amide bonds. The summed E-state index contributed by atoms with van der Waals surface area (Å²) in [6.07, 6.45) is 10.1. The molecular formula is C23H26O. The molecule has 0 spiro atoms. The molecule has 1 nitrogen and oxygen atoms in total. The van der Waals surface area contributed by atoms with Crippen molar-refractivity contribution in [3.63, 3.8) is 0 Å². The summed E-state index contributed by atoms with van der Waals surface area (Å²) in [6, 6.07) is 9.20. The smallest absolute Gasteiger partial charge is 0.131 e. The maximum Gasteiger partial charge on any atom is 0.131 e. The minimum Gasteiger partial charge on any atom is -0.302 e. The summed E-state index contributed by atoms with van der Waals surface area (Å²) in [6.45, 7) is 0. The Balaban J connectivity index is 1.57. The Hall–Kier alpha value is -1.11. The zero-order valence-electron chi connectivity index (χ0n) is 14.2. The summed E-state index contributed by atoms with van der Waals surface area (Å²) in [5.41, 5.74) is 2.97. The monoisotopic (exact) mass is 318 g/mol. The van der Waals surface area contributed by atoms with Crippen LogP contribution in [0.2, 0.25) is 0 Å². The fourth-order valence-electron chi connectivity index (χ4n) is 9.78. The molecule has 0 heterocycles. The summed E-state index contributed by atoms with van der Waals surface area (Å²) in [5.74, 6) is 7.40. The summed E-state index contributed by atoms with van der Waals surface area (Å²) in [7, 11) is 0. The first-order valence-corrected chi connectivity index (χ1v) is 10.4. The van der Waals surface area contributed by atoms with E-state index in [1.54, 1.807) is 5.56 Å². The van der Waals surface area contributed by atoms with Crippen LogP contribution >= 0.6 is 0 Å². The van der Waals surface area contributed by atoms with Gasteiger partial charge in [-0.2, -0.15) is 0 Å². The van der Waals surface area contributed by atoms with E-state index in [1.807, 2.05) is 0 Å². The lowest BCUT2D eigenvalue weighted by Gasteiger charge is -2.64. The van der Waals surface area contributed by atoms with Gasteiger partial charge in [0, 0.05) is 0 Å². The van der Waals surface area contributed by atoms with Gasteiger partial charge in [-0.1, -0.05) is 24.3 Å². The highest BCUT2D eigenvalue weighted by Gasteiger charge is 2.74. The van der Waals surface area contributed by atoms with E-state index < -0.39 is 0 Å². The van der Waals surface area contributed by atoms with Crippen molar-refractivity contribution in [1.29, 1.82) is 0 Å². The highest BCUT2D eigenvalue weighted by atomic mass is 16.1. The molecule has 1 aromatic rings. The Kier molecular flexibility index (Phi) is 2.19. The van der Waals surface area contributed by atoms with Crippen LogP contribution in [0.5, 0.6) is 0 Å². The van der Waals surface area contributed by atoms with Crippen LogP contribution in [0.3, 0.4) is 0 Å². The maximum atomic E-state index is 12.9. The molecule has 7 aliphatic rings. The molecule has 8 rings (SSSR count). The van der Waals surface area contributed by atoms with Crippen molar-refractivity contribution in [2.45, 2.75) is 49.9 Å². The van der Waals surface area contributed by atoms with Gasteiger partial charge in [0.15, 0.2) is 0 Å². The molecule has 1 aromatic carbocycles. The van der Waals surface area contributed by atoms with E-state index in [2.05, 4.69) is 24.3 Å². The number of benzene rings is 1. The minimum atomic E-state index is -0.111. The Bertz CT molecular complexity index is 716. The number of carbonyl (C=O) groups excluding carboxylic acids is 1. The molecule has 0 N–H and O–H groups in total. The lowest BCUT2D eigenvalue weighted by atomic mass is 9.38. The Morgan fingerprint density at radius 3 is 2.04 bits per heavy atom. The second-order valence-electron chi connectivity index (χ2n) is 10.0. The van der Waals surface area contributed by atoms with Gasteiger partial charge in [-0.05, 0) is 103 Å². The molecule has 5 fully saturated rings. The third-order valence-electron chi connectivity index (χ3n) is 9.88. The molecule has 0 aromatic heterocycles. The van der Waals surface area contributed by atoms with Gasteiger partial charge in [-0.25, -0.2) is 0 Å². The SMILES string of the molecule is O=CC12c3ccccc3C(C3C4CCC(C4)C31)C1C3CCC(C3)C12. The number of aldehydes is 1. The van der Waals surface area contributed by atoms with Crippen molar-refractivity contribution >= 4 is 6.29 Å². The standard InChI is InChI=1S/C23H26O/c24-11-23-17-4-2-1-3-16(17)20(18-12-5-7-14(9-12)21(18)23)19-13-6-8-15(10-13)22(19)23/h1-4,11-15,18-22H,5-10H2. The number of fused-ring (bicyclic) bond motifs is 4. The Morgan fingerprint density at radius 1 is 0.833 bits per heavy atom. The first-order chi connectivity index (χ1) is 11.8. The Labute approximate surface area is 144 Å². The van der Waals surface area contributed by atoms with E-state index in [0.29, 0.717) is 11.8 Å².